The number of carbonyl (C=O) groups is 1. The van der Waals surface area contributed by atoms with Gasteiger partial charge in [0, 0.05) is 57.2 Å². The summed E-state index contributed by atoms with van der Waals surface area (Å²) in [6.07, 6.45) is 2.24. The van der Waals surface area contributed by atoms with E-state index in [0.717, 1.165) is 68.7 Å². The number of hydrogen-bond donors (Lipinski definition) is 0. The van der Waals surface area contributed by atoms with Gasteiger partial charge in [0.15, 0.2) is 11.5 Å². The first kappa shape index (κ1) is 19.8. The number of thiazole rings is 1. The Labute approximate surface area is 181 Å². The lowest BCUT2D eigenvalue weighted by Gasteiger charge is -2.43. The van der Waals surface area contributed by atoms with Gasteiger partial charge in [0.05, 0.1) is 5.01 Å². The number of nitrogens with zero attached hydrogens (tertiary/aromatic N) is 4. The average Bonchev–Trinajstić information content (AvgIpc) is 3.42. The van der Waals surface area contributed by atoms with E-state index in [1.165, 1.54) is 12.0 Å². The summed E-state index contributed by atoms with van der Waals surface area (Å²) in [4.78, 5) is 24.3. The number of aryl methyl sites for hydroxylation is 1. The van der Waals surface area contributed by atoms with E-state index in [4.69, 9.17) is 9.47 Å². The van der Waals surface area contributed by atoms with Crippen molar-refractivity contribution in [2.45, 2.75) is 32.4 Å². The predicted octanol–water partition coefficient (Wildman–Crippen LogP) is 2.60. The highest BCUT2D eigenvalue weighted by Crippen LogP contribution is 2.33. The molecule has 1 aromatic carbocycles. The molecule has 1 unspecified atom stereocenters. The number of hydrogen-bond acceptors (Lipinski definition) is 7. The molecule has 4 heterocycles. The molecule has 3 aliphatic rings. The highest BCUT2D eigenvalue weighted by molar-refractivity contribution is 7.09. The van der Waals surface area contributed by atoms with E-state index in [2.05, 4.69) is 26.9 Å². The van der Waals surface area contributed by atoms with E-state index in [1.54, 1.807) is 11.3 Å². The van der Waals surface area contributed by atoms with Crippen LogP contribution in [0.1, 0.15) is 33.9 Å². The molecule has 30 heavy (non-hydrogen) atoms. The molecule has 0 spiro atoms. The lowest BCUT2D eigenvalue weighted by atomic mass is 10.0. The summed E-state index contributed by atoms with van der Waals surface area (Å²) in [7, 11) is 0. The number of likely N-dealkylation sites (tertiary alicyclic amines) is 1. The molecular formula is C22H28N4O3S. The minimum absolute atomic E-state index is 0.0884. The SMILES string of the molecule is Cc1nc(C(=O)N2CCCC(N3CCN(Cc4ccc5c(c4)OCO5)CC3)C2)cs1. The Balaban J connectivity index is 1.14. The summed E-state index contributed by atoms with van der Waals surface area (Å²) in [5, 5.41) is 2.83. The summed E-state index contributed by atoms with van der Waals surface area (Å²) >= 11 is 1.54. The van der Waals surface area contributed by atoms with Gasteiger partial charge in [-0.3, -0.25) is 14.6 Å². The number of piperazine rings is 1. The quantitative estimate of drug-likeness (QED) is 0.746. The Kier molecular flexibility index (Phi) is 5.62. The first-order valence-corrected chi connectivity index (χ1v) is 11.6. The normalized spacial score (nSPS) is 22.4. The van der Waals surface area contributed by atoms with Gasteiger partial charge in [-0.25, -0.2) is 4.98 Å². The molecule has 1 aromatic heterocycles. The zero-order valence-corrected chi connectivity index (χ0v) is 18.2. The second-order valence-electron chi connectivity index (χ2n) is 8.30. The van der Waals surface area contributed by atoms with E-state index in [0.29, 0.717) is 18.5 Å². The van der Waals surface area contributed by atoms with Crippen LogP contribution in [0.3, 0.4) is 0 Å². The Hall–Kier alpha value is -2.16. The third-order valence-electron chi connectivity index (χ3n) is 6.29. The van der Waals surface area contributed by atoms with Gasteiger partial charge in [0.25, 0.3) is 5.91 Å². The fourth-order valence-electron chi connectivity index (χ4n) is 4.64. The fourth-order valence-corrected chi connectivity index (χ4v) is 5.23. The van der Waals surface area contributed by atoms with Crippen LogP contribution in [0.2, 0.25) is 0 Å². The van der Waals surface area contributed by atoms with Crippen molar-refractivity contribution in [3.05, 3.63) is 39.8 Å². The standard InChI is InChI=1S/C22H28N4O3S/c1-16-23-19(14-30-16)22(27)26-6-2-3-18(13-26)25-9-7-24(8-10-25)12-17-4-5-20-21(11-17)29-15-28-20/h4-5,11,14,18H,2-3,6-10,12-13,15H2,1H3. The van der Waals surface area contributed by atoms with Gasteiger partial charge in [0.2, 0.25) is 6.79 Å². The number of ether oxygens (including phenoxy) is 2. The van der Waals surface area contributed by atoms with E-state index in [9.17, 15) is 4.79 Å². The van der Waals surface area contributed by atoms with Crippen molar-refractivity contribution in [3.8, 4) is 11.5 Å². The zero-order chi connectivity index (χ0) is 20.5. The second-order valence-corrected chi connectivity index (χ2v) is 9.36. The van der Waals surface area contributed by atoms with E-state index in [1.807, 2.05) is 23.3 Å². The van der Waals surface area contributed by atoms with Crippen molar-refractivity contribution in [2.24, 2.45) is 0 Å². The first-order chi connectivity index (χ1) is 14.7. The van der Waals surface area contributed by atoms with Gasteiger partial charge in [-0.05, 0) is 37.5 Å². The Morgan fingerprint density at radius 2 is 2.00 bits per heavy atom. The molecule has 0 N–H and O–H groups in total. The van der Waals surface area contributed by atoms with E-state index < -0.39 is 0 Å². The van der Waals surface area contributed by atoms with Crippen LogP contribution in [0.4, 0.5) is 0 Å². The molecule has 5 rings (SSSR count). The maximum absolute atomic E-state index is 12.8. The van der Waals surface area contributed by atoms with Gasteiger partial charge in [-0.2, -0.15) is 0 Å². The number of fused-ring (bicyclic) bond motifs is 1. The second kappa shape index (κ2) is 8.53. The summed E-state index contributed by atoms with van der Waals surface area (Å²) in [6, 6.07) is 6.69. The third-order valence-corrected chi connectivity index (χ3v) is 7.06. The lowest BCUT2D eigenvalue weighted by molar-refractivity contribution is 0.0404. The maximum Gasteiger partial charge on any atom is 0.273 e. The maximum atomic E-state index is 12.8. The van der Waals surface area contributed by atoms with E-state index in [-0.39, 0.29) is 5.91 Å². The van der Waals surface area contributed by atoms with Crippen LogP contribution in [0.25, 0.3) is 0 Å². The number of piperidine rings is 1. The molecule has 8 heteroatoms. The summed E-state index contributed by atoms with van der Waals surface area (Å²) < 4.78 is 10.9. The van der Waals surface area contributed by atoms with Gasteiger partial charge >= 0.3 is 0 Å². The molecule has 1 amide bonds. The molecule has 2 fully saturated rings. The number of rotatable bonds is 4. The van der Waals surface area contributed by atoms with Crippen LogP contribution in [-0.2, 0) is 6.54 Å². The predicted molar refractivity (Wildman–Crippen MR) is 115 cm³/mol. The number of benzene rings is 1. The molecule has 160 valence electrons. The van der Waals surface area contributed by atoms with Crippen molar-refractivity contribution < 1.29 is 14.3 Å². The van der Waals surface area contributed by atoms with Crippen LogP contribution in [-0.4, -0.2) is 77.7 Å². The smallest absolute Gasteiger partial charge is 0.273 e. The highest BCUT2D eigenvalue weighted by atomic mass is 32.1. The van der Waals surface area contributed by atoms with Gasteiger partial charge in [-0.1, -0.05) is 6.07 Å². The molecular weight excluding hydrogens is 400 g/mol. The topological polar surface area (TPSA) is 58.1 Å². The van der Waals surface area contributed by atoms with Crippen molar-refractivity contribution in [1.82, 2.24) is 19.7 Å². The molecule has 0 radical (unpaired) electrons. The van der Waals surface area contributed by atoms with Crippen molar-refractivity contribution >= 4 is 17.2 Å². The molecule has 0 bridgehead atoms. The van der Waals surface area contributed by atoms with Crippen molar-refractivity contribution in [1.29, 1.82) is 0 Å². The largest absolute Gasteiger partial charge is 0.454 e. The van der Waals surface area contributed by atoms with Crippen LogP contribution in [0, 0.1) is 6.92 Å². The van der Waals surface area contributed by atoms with Crippen LogP contribution in [0.15, 0.2) is 23.6 Å². The van der Waals surface area contributed by atoms with Crippen LogP contribution in [0.5, 0.6) is 11.5 Å². The molecule has 0 saturated carbocycles. The van der Waals surface area contributed by atoms with Crippen molar-refractivity contribution in [3.63, 3.8) is 0 Å². The molecule has 7 nitrogen and oxygen atoms in total. The molecule has 2 aromatic rings. The van der Waals surface area contributed by atoms with Gasteiger partial charge < -0.3 is 14.4 Å². The summed E-state index contributed by atoms with van der Waals surface area (Å²) in [5.74, 6) is 1.78. The number of amides is 1. The fraction of sp³-hybridized carbons (Fsp3) is 0.545. The third kappa shape index (κ3) is 4.17. The summed E-state index contributed by atoms with van der Waals surface area (Å²) in [6.45, 7) is 9.05. The van der Waals surface area contributed by atoms with Crippen molar-refractivity contribution in [2.75, 3.05) is 46.1 Å². The van der Waals surface area contributed by atoms with E-state index >= 15 is 0 Å². The van der Waals surface area contributed by atoms with Gasteiger partial charge in [-0.15, -0.1) is 11.3 Å². The molecule has 2 saturated heterocycles. The lowest BCUT2D eigenvalue weighted by Crippen LogP contribution is -2.55. The Bertz CT molecular complexity index is 910. The molecule has 0 aliphatic carbocycles. The highest BCUT2D eigenvalue weighted by Gasteiger charge is 2.31. The molecule has 1 atom stereocenters. The zero-order valence-electron chi connectivity index (χ0n) is 17.4. The monoisotopic (exact) mass is 428 g/mol. The Morgan fingerprint density at radius 3 is 2.80 bits per heavy atom. The van der Waals surface area contributed by atoms with Crippen LogP contribution < -0.4 is 9.47 Å². The molecule has 3 aliphatic heterocycles. The Morgan fingerprint density at radius 1 is 1.17 bits per heavy atom. The summed E-state index contributed by atoms with van der Waals surface area (Å²) in [5.41, 5.74) is 1.87. The number of aromatic nitrogens is 1. The minimum atomic E-state index is 0.0884. The minimum Gasteiger partial charge on any atom is -0.454 e. The average molecular weight is 429 g/mol. The van der Waals surface area contributed by atoms with Gasteiger partial charge in [0.1, 0.15) is 5.69 Å². The number of carbonyl (C=O) groups excluding carboxylic acids is 1. The van der Waals surface area contributed by atoms with Crippen LogP contribution >= 0.6 is 11.3 Å². The first-order valence-electron chi connectivity index (χ1n) is 10.7.